The molecule has 0 bridgehead atoms. The van der Waals surface area contributed by atoms with E-state index in [2.05, 4.69) is 34.4 Å². The van der Waals surface area contributed by atoms with E-state index >= 15 is 0 Å². The van der Waals surface area contributed by atoms with E-state index < -0.39 is 0 Å². The molecule has 1 unspecified atom stereocenters. The average molecular weight is 424 g/mol. The quantitative estimate of drug-likeness (QED) is 0.298. The van der Waals surface area contributed by atoms with E-state index in [4.69, 9.17) is 0 Å². The van der Waals surface area contributed by atoms with Crippen molar-refractivity contribution in [3.05, 3.63) is 0 Å². The van der Waals surface area contributed by atoms with Crippen LogP contribution in [0.5, 0.6) is 0 Å². The van der Waals surface area contributed by atoms with Gasteiger partial charge in [0.25, 0.3) is 0 Å². The second kappa shape index (κ2) is 11.1. The van der Waals surface area contributed by atoms with Gasteiger partial charge in [0.1, 0.15) is 0 Å². The molecule has 0 radical (unpaired) electrons. The Morgan fingerprint density at radius 3 is 2.41 bits per heavy atom. The number of halogens is 1. The van der Waals surface area contributed by atoms with Gasteiger partial charge in [-0.05, 0) is 24.7 Å². The van der Waals surface area contributed by atoms with Crippen LogP contribution < -0.4 is 10.6 Å². The highest BCUT2D eigenvalue weighted by Gasteiger charge is 2.25. The minimum absolute atomic E-state index is 0. The minimum Gasteiger partial charge on any atom is -0.354 e. The van der Waals surface area contributed by atoms with Crippen LogP contribution in [-0.2, 0) is 4.79 Å². The van der Waals surface area contributed by atoms with Gasteiger partial charge in [-0.3, -0.25) is 9.79 Å². The fraction of sp³-hybridized carbons (Fsp3) is 0.875. The number of aliphatic imine (C=N–C) groups is 1. The van der Waals surface area contributed by atoms with Crippen LogP contribution in [0.4, 0.5) is 0 Å². The zero-order valence-electron chi connectivity index (χ0n) is 14.7. The molecule has 0 aromatic carbocycles. The fourth-order valence-corrected chi connectivity index (χ4v) is 2.78. The Morgan fingerprint density at radius 2 is 1.86 bits per heavy atom. The molecule has 130 valence electrons. The number of nitrogens with zero attached hydrogens (tertiary/aromatic N) is 2. The molecule has 1 rings (SSSR count). The third-order valence-corrected chi connectivity index (χ3v) is 3.83. The summed E-state index contributed by atoms with van der Waals surface area (Å²) in [6.45, 7) is 11.9. The summed E-state index contributed by atoms with van der Waals surface area (Å²) in [7, 11) is 1.82. The zero-order valence-corrected chi connectivity index (χ0v) is 17.0. The Hall–Kier alpha value is -0.530. The largest absolute Gasteiger partial charge is 0.354 e. The third kappa shape index (κ3) is 7.65. The van der Waals surface area contributed by atoms with E-state index in [1.54, 1.807) is 0 Å². The number of hydrogen-bond donors (Lipinski definition) is 2. The first-order valence-electron chi connectivity index (χ1n) is 8.17. The lowest BCUT2D eigenvalue weighted by Gasteiger charge is -2.22. The average Bonchev–Trinajstić information content (AvgIpc) is 2.85. The van der Waals surface area contributed by atoms with Crippen LogP contribution in [0.3, 0.4) is 0 Å². The van der Waals surface area contributed by atoms with E-state index in [1.165, 1.54) is 12.8 Å². The molecule has 1 amide bonds. The molecule has 2 N–H and O–H groups in total. The summed E-state index contributed by atoms with van der Waals surface area (Å²) < 4.78 is 0. The predicted molar refractivity (Wildman–Crippen MR) is 104 cm³/mol. The van der Waals surface area contributed by atoms with E-state index in [-0.39, 0.29) is 35.8 Å². The van der Waals surface area contributed by atoms with Crippen LogP contribution in [0, 0.1) is 17.8 Å². The van der Waals surface area contributed by atoms with Crippen molar-refractivity contribution in [1.82, 2.24) is 15.5 Å². The SMILES string of the molecule is CN=C(NCCNC(=O)C(C)C)N1CCC(CC(C)C)C1.I. The molecule has 22 heavy (non-hydrogen) atoms. The molecule has 1 saturated heterocycles. The van der Waals surface area contributed by atoms with Crippen molar-refractivity contribution in [2.75, 3.05) is 33.2 Å². The maximum absolute atomic E-state index is 11.5. The van der Waals surface area contributed by atoms with Crippen molar-refractivity contribution >= 4 is 35.8 Å². The highest BCUT2D eigenvalue weighted by molar-refractivity contribution is 14.0. The summed E-state index contributed by atoms with van der Waals surface area (Å²) in [4.78, 5) is 18.2. The standard InChI is InChI=1S/C16H32N4O.HI/c1-12(2)10-14-6-9-20(11-14)16(17-5)19-8-7-18-15(21)13(3)4;/h12-14H,6-11H2,1-5H3,(H,17,19)(H,18,21);1H. The molecular formula is C16H33IN4O. The lowest BCUT2D eigenvalue weighted by molar-refractivity contribution is -0.123. The maximum Gasteiger partial charge on any atom is 0.222 e. The molecule has 0 saturated carbocycles. The Bertz CT molecular complexity index is 358. The maximum atomic E-state index is 11.5. The second-order valence-corrected chi connectivity index (χ2v) is 6.65. The molecule has 0 spiro atoms. The second-order valence-electron chi connectivity index (χ2n) is 6.65. The first kappa shape index (κ1) is 21.5. The molecule has 1 aliphatic heterocycles. The Kier molecular flexibility index (Phi) is 10.8. The first-order chi connectivity index (χ1) is 9.93. The van der Waals surface area contributed by atoms with E-state index in [1.807, 2.05) is 20.9 Å². The monoisotopic (exact) mass is 424 g/mol. The number of carbonyl (C=O) groups excluding carboxylic acids is 1. The highest BCUT2D eigenvalue weighted by atomic mass is 127. The number of nitrogens with one attached hydrogen (secondary N) is 2. The van der Waals surface area contributed by atoms with Crippen LogP contribution in [0.2, 0.25) is 0 Å². The molecule has 0 aromatic heterocycles. The molecule has 5 nitrogen and oxygen atoms in total. The van der Waals surface area contributed by atoms with Crippen LogP contribution in [-0.4, -0.2) is 50.0 Å². The summed E-state index contributed by atoms with van der Waals surface area (Å²) in [5.74, 6) is 2.64. The normalized spacial score (nSPS) is 18.6. The van der Waals surface area contributed by atoms with Crippen molar-refractivity contribution in [2.24, 2.45) is 22.7 Å². The van der Waals surface area contributed by atoms with Gasteiger partial charge in [-0.25, -0.2) is 0 Å². The fourth-order valence-electron chi connectivity index (χ4n) is 2.78. The smallest absolute Gasteiger partial charge is 0.222 e. The summed E-state index contributed by atoms with van der Waals surface area (Å²) in [6.07, 6.45) is 2.54. The minimum atomic E-state index is 0. The summed E-state index contributed by atoms with van der Waals surface area (Å²) in [5.41, 5.74) is 0. The van der Waals surface area contributed by atoms with E-state index in [0.29, 0.717) is 6.54 Å². The number of guanidine groups is 1. The van der Waals surface area contributed by atoms with E-state index in [9.17, 15) is 4.79 Å². The molecule has 1 heterocycles. The topological polar surface area (TPSA) is 56.7 Å². The van der Waals surface area contributed by atoms with E-state index in [0.717, 1.165) is 37.4 Å². The van der Waals surface area contributed by atoms with Gasteiger partial charge in [0.2, 0.25) is 5.91 Å². The molecule has 1 fully saturated rings. The molecule has 1 aliphatic rings. The summed E-state index contributed by atoms with van der Waals surface area (Å²) in [6, 6.07) is 0. The first-order valence-corrected chi connectivity index (χ1v) is 8.17. The third-order valence-electron chi connectivity index (χ3n) is 3.83. The number of carbonyl (C=O) groups is 1. The number of rotatable bonds is 6. The van der Waals surface area contributed by atoms with Crippen molar-refractivity contribution in [2.45, 2.75) is 40.5 Å². The lowest BCUT2D eigenvalue weighted by Crippen LogP contribution is -2.43. The number of hydrogen-bond acceptors (Lipinski definition) is 2. The van der Waals surface area contributed by atoms with Gasteiger partial charge in [-0.15, -0.1) is 24.0 Å². The van der Waals surface area contributed by atoms with Gasteiger partial charge in [-0.2, -0.15) is 0 Å². The highest BCUT2D eigenvalue weighted by Crippen LogP contribution is 2.23. The molecule has 1 atom stereocenters. The van der Waals surface area contributed by atoms with Gasteiger partial charge in [0.15, 0.2) is 5.96 Å². The molecular weight excluding hydrogens is 391 g/mol. The molecule has 0 aromatic rings. The Balaban J connectivity index is 0.00000441. The lowest BCUT2D eigenvalue weighted by atomic mass is 9.97. The van der Waals surface area contributed by atoms with Crippen LogP contribution in [0.25, 0.3) is 0 Å². The number of likely N-dealkylation sites (tertiary alicyclic amines) is 1. The predicted octanol–water partition coefficient (Wildman–Crippen LogP) is 2.32. The zero-order chi connectivity index (χ0) is 15.8. The molecule has 6 heteroatoms. The molecule has 0 aliphatic carbocycles. The van der Waals surface area contributed by atoms with Crippen LogP contribution >= 0.6 is 24.0 Å². The van der Waals surface area contributed by atoms with Crippen molar-refractivity contribution in [3.8, 4) is 0 Å². The van der Waals surface area contributed by atoms with Gasteiger partial charge in [0, 0.05) is 39.1 Å². The van der Waals surface area contributed by atoms with Crippen molar-refractivity contribution in [3.63, 3.8) is 0 Å². The Morgan fingerprint density at radius 1 is 1.23 bits per heavy atom. The van der Waals surface area contributed by atoms with Gasteiger partial charge in [0.05, 0.1) is 0 Å². The summed E-state index contributed by atoms with van der Waals surface area (Å²) in [5, 5.41) is 6.25. The van der Waals surface area contributed by atoms with Crippen molar-refractivity contribution < 1.29 is 4.79 Å². The van der Waals surface area contributed by atoms with Gasteiger partial charge >= 0.3 is 0 Å². The van der Waals surface area contributed by atoms with Gasteiger partial charge < -0.3 is 15.5 Å². The summed E-state index contributed by atoms with van der Waals surface area (Å²) >= 11 is 0. The van der Waals surface area contributed by atoms with Crippen LogP contribution in [0.1, 0.15) is 40.5 Å². The number of amides is 1. The van der Waals surface area contributed by atoms with Crippen molar-refractivity contribution in [1.29, 1.82) is 0 Å². The van der Waals surface area contributed by atoms with Gasteiger partial charge in [-0.1, -0.05) is 27.7 Å². The van der Waals surface area contributed by atoms with Crippen LogP contribution in [0.15, 0.2) is 4.99 Å². The Labute approximate surface area is 152 Å².